The number of ether oxygens (including phenoxy) is 1. The third kappa shape index (κ3) is 2.92. The number of hydrogen-bond donors (Lipinski definition) is 1. The van der Waals surface area contributed by atoms with Gasteiger partial charge in [0.15, 0.2) is 4.73 Å². The lowest BCUT2D eigenvalue weighted by Gasteiger charge is -2.06. The summed E-state index contributed by atoms with van der Waals surface area (Å²) < 4.78 is 7.83. The van der Waals surface area contributed by atoms with Crippen molar-refractivity contribution < 1.29 is 4.74 Å². The Bertz CT molecular complexity index is 322. The van der Waals surface area contributed by atoms with Crippen LogP contribution < -0.4 is 5.73 Å². The summed E-state index contributed by atoms with van der Waals surface area (Å²) in [5.41, 5.74) is 5.48. The number of anilines is 1. The van der Waals surface area contributed by atoms with Gasteiger partial charge < -0.3 is 10.5 Å². The molecule has 0 aliphatic carbocycles. The number of aromatic nitrogens is 3. The second-order valence-electron chi connectivity index (χ2n) is 3.83. The minimum atomic E-state index is 0.325. The first kappa shape index (κ1) is 10.9. The summed E-state index contributed by atoms with van der Waals surface area (Å²) >= 11 is 3.32. The standard InChI is InChI=1S/C9H15BrN4O/c10-8-12-9(11)13-14(8)4-1-2-7-3-5-15-6-7/h7H,1-6H2,(H2,11,13). The highest BCUT2D eigenvalue weighted by atomic mass is 79.9. The van der Waals surface area contributed by atoms with E-state index in [9.17, 15) is 0 Å². The molecule has 0 spiro atoms. The van der Waals surface area contributed by atoms with Crippen LogP contribution in [0.3, 0.4) is 0 Å². The highest BCUT2D eigenvalue weighted by molar-refractivity contribution is 9.10. The van der Waals surface area contributed by atoms with Crippen molar-refractivity contribution >= 4 is 21.9 Å². The lowest BCUT2D eigenvalue weighted by atomic mass is 10.0. The quantitative estimate of drug-likeness (QED) is 0.903. The highest BCUT2D eigenvalue weighted by Crippen LogP contribution is 2.19. The van der Waals surface area contributed by atoms with Crippen molar-refractivity contribution in [3.05, 3.63) is 4.73 Å². The van der Waals surface area contributed by atoms with Crippen molar-refractivity contribution in [2.75, 3.05) is 18.9 Å². The maximum absolute atomic E-state index is 5.48. The van der Waals surface area contributed by atoms with E-state index in [0.717, 1.165) is 32.1 Å². The van der Waals surface area contributed by atoms with E-state index in [1.165, 1.54) is 12.8 Å². The van der Waals surface area contributed by atoms with E-state index in [1.54, 1.807) is 4.68 Å². The van der Waals surface area contributed by atoms with Gasteiger partial charge in [-0.25, -0.2) is 4.68 Å². The molecule has 2 heterocycles. The third-order valence-electron chi connectivity index (χ3n) is 2.65. The maximum Gasteiger partial charge on any atom is 0.240 e. The Hall–Kier alpha value is -0.620. The van der Waals surface area contributed by atoms with Crippen LogP contribution in [0.2, 0.25) is 0 Å². The van der Waals surface area contributed by atoms with Gasteiger partial charge in [0, 0.05) is 19.8 Å². The van der Waals surface area contributed by atoms with Crippen LogP contribution in [0.15, 0.2) is 4.73 Å². The number of nitrogens with two attached hydrogens (primary N) is 1. The Labute approximate surface area is 97.1 Å². The van der Waals surface area contributed by atoms with Gasteiger partial charge in [-0.3, -0.25) is 0 Å². The summed E-state index contributed by atoms with van der Waals surface area (Å²) in [6, 6.07) is 0. The molecular formula is C9H15BrN4O. The number of hydrogen-bond acceptors (Lipinski definition) is 4. The summed E-state index contributed by atoms with van der Waals surface area (Å²) in [5.74, 6) is 1.05. The van der Waals surface area contributed by atoms with Crippen molar-refractivity contribution in [2.24, 2.45) is 5.92 Å². The van der Waals surface area contributed by atoms with Crippen molar-refractivity contribution in [1.82, 2.24) is 14.8 Å². The molecule has 1 unspecified atom stereocenters. The average Bonchev–Trinajstić information content (AvgIpc) is 2.77. The topological polar surface area (TPSA) is 66.0 Å². The predicted molar refractivity (Wildman–Crippen MR) is 60.3 cm³/mol. The molecular weight excluding hydrogens is 260 g/mol. The fourth-order valence-electron chi connectivity index (χ4n) is 1.82. The molecule has 1 aliphatic heterocycles. The van der Waals surface area contributed by atoms with Crippen LogP contribution in [0.25, 0.3) is 0 Å². The van der Waals surface area contributed by atoms with Crippen molar-refractivity contribution in [2.45, 2.75) is 25.8 Å². The number of rotatable bonds is 4. The van der Waals surface area contributed by atoms with Gasteiger partial charge in [-0.1, -0.05) is 0 Å². The van der Waals surface area contributed by atoms with Crippen LogP contribution in [0, 0.1) is 5.92 Å². The Balaban J connectivity index is 1.75. The molecule has 6 heteroatoms. The van der Waals surface area contributed by atoms with E-state index in [0.29, 0.717) is 10.7 Å². The van der Waals surface area contributed by atoms with E-state index < -0.39 is 0 Å². The molecule has 2 N–H and O–H groups in total. The molecule has 15 heavy (non-hydrogen) atoms. The molecule has 0 radical (unpaired) electrons. The van der Waals surface area contributed by atoms with Crippen LogP contribution in [-0.4, -0.2) is 28.0 Å². The van der Waals surface area contributed by atoms with Crippen LogP contribution >= 0.6 is 15.9 Å². The van der Waals surface area contributed by atoms with Gasteiger partial charge in [0.25, 0.3) is 0 Å². The summed E-state index contributed by atoms with van der Waals surface area (Å²) in [5, 5.41) is 4.08. The molecule has 1 fully saturated rings. The smallest absolute Gasteiger partial charge is 0.240 e. The van der Waals surface area contributed by atoms with Gasteiger partial charge in [-0.2, -0.15) is 4.98 Å². The van der Waals surface area contributed by atoms with Gasteiger partial charge in [0.05, 0.1) is 0 Å². The molecule has 1 atom stereocenters. The van der Waals surface area contributed by atoms with Crippen LogP contribution in [0.1, 0.15) is 19.3 Å². The molecule has 2 rings (SSSR count). The average molecular weight is 275 g/mol. The molecule has 1 aliphatic rings. The minimum Gasteiger partial charge on any atom is -0.381 e. The van der Waals surface area contributed by atoms with Gasteiger partial charge in [-0.15, -0.1) is 5.10 Å². The second-order valence-corrected chi connectivity index (χ2v) is 4.54. The second kappa shape index (κ2) is 4.94. The lowest BCUT2D eigenvalue weighted by molar-refractivity contribution is 0.183. The van der Waals surface area contributed by atoms with Gasteiger partial charge >= 0.3 is 0 Å². The molecule has 0 amide bonds. The normalized spacial score (nSPS) is 21.0. The highest BCUT2D eigenvalue weighted by Gasteiger charge is 2.15. The first-order chi connectivity index (χ1) is 7.25. The van der Waals surface area contributed by atoms with Crippen LogP contribution in [0.4, 0.5) is 5.95 Å². The van der Waals surface area contributed by atoms with E-state index in [4.69, 9.17) is 10.5 Å². The Kier molecular flexibility index (Phi) is 3.58. The Morgan fingerprint density at radius 1 is 1.60 bits per heavy atom. The summed E-state index contributed by atoms with van der Waals surface area (Å²) in [6.07, 6.45) is 3.47. The first-order valence-corrected chi connectivity index (χ1v) is 5.98. The minimum absolute atomic E-state index is 0.325. The van der Waals surface area contributed by atoms with Crippen molar-refractivity contribution in [3.63, 3.8) is 0 Å². The maximum atomic E-state index is 5.48. The molecule has 0 saturated carbocycles. The number of halogens is 1. The first-order valence-electron chi connectivity index (χ1n) is 5.19. The fourth-order valence-corrected chi connectivity index (χ4v) is 2.26. The van der Waals surface area contributed by atoms with Crippen molar-refractivity contribution in [3.8, 4) is 0 Å². The fraction of sp³-hybridized carbons (Fsp3) is 0.778. The monoisotopic (exact) mass is 274 g/mol. The third-order valence-corrected chi connectivity index (χ3v) is 3.24. The molecule has 1 saturated heterocycles. The molecule has 0 bridgehead atoms. The number of nitrogen functional groups attached to an aromatic ring is 1. The zero-order valence-electron chi connectivity index (χ0n) is 8.53. The Morgan fingerprint density at radius 2 is 2.47 bits per heavy atom. The molecule has 0 aromatic carbocycles. The van der Waals surface area contributed by atoms with Crippen molar-refractivity contribution in [1.29, 1.82) is 0 Å². The lowest BCUT2D eigenvalue weighted by Crippen LogP contribution is -2.05. The largest absolute Gasteiger partial charge is 0.381 e. The summed E-state index contributed by atoms with van der Waals surface area (Å²) in [6.45, 7) is 2.70. The van der Waals surface area contributed by atoms with E-state index in [1.807, 2.05) is 0 Å². The summed E-state index contributed by atoms with van der Waals surface area (Å²) in [4.78, 5) is 3.98. The number of aryl methyl sites for hydroxylation is 1. The van der Waals surface area contributed by atoms with E-state index in [2.05, 4.69) is 26.0 Å². The van der Waals surface area contributed by atoms with Gasteiger partial charge in [0.1, 0.15) is 0 Å². The molecule has 84 valence electrons. The molecule has 5 nitrogen and oxygen atoms in total. The predicted octanol–water partition coefficient (Wildman–Crippen LogP) is 1.44. The van der Waals surface area contributed by atoms with E-state index >= 15 is 0 Å². The zero-order valence-corrected chi connectivity index (χ0v) is 10.1. The summed E-state index contributed by atoms with van der Waals surface area (Å²) in [7, 11) is 0. The van der Waals surface area contributed by atoms with Crippen LogP contribution in [-0.2, 0) is 11.3 Å². The molecule has 1 aromatic heterocycles. The zero-order chi connectivity index (χ0) is 10.7. The SMILES string of the molecule is Nc1nc(Br)n(CCCC2CCOC2)n1. The van der Waals surface area contributed by atoms with Crippen LogP contribution in [0.5, 0.6) is 0 Å². The van der Waals surface area contributed by atoms with Gasteiger partial charge in [-0.05, 0) is 41.1 Å². The number of nitrogens with zero attached hydrogens (tertiary/aromatic N) is 3. The Morgan fingerprint density at radius 3 is 3.07 bits per heavy atom. The van der Waals surface area contributed by atoms with E-state index in [-0.39, 0.29) is 0 Å². The van der Waals surface area contributed by atoms with Gasteiger partial charge in [0.2, 0.25) is 5.95 Å². The molecule has 1 aromatic rings.